The first kappa shape index (κ1) is 24.4. The van der Waals surface area contributed by atoms with Gasteiger partial charge in [-0.1, -0.05) is 29.8 Å². The number of β-lactam (4-membered cyclic amide) rings is 1. The van der Waals surface area contributed by atoms with Gasteiger partial charge in [0.1, 0.15) is 11.8 Å². The summed E-state index contributed by atoms with van der Waals surface area (Å²) in [5.74, 6) is 1.32. The number of hydrogen-bond donors (Lipinski definition) is 0. The lowest BCUT2D eigenvalue weighted by Gasteiger charge is -2.47. The maximum atomic E-state index is 13.1. The van der Waals surface area contributed by atoms with Crippen LogP contribution in [0.1, 0.15) is 27.5 Å². The van der Waals surface area contributed by atoms with Crippen molar-refractivity contribution < 1.29 is 28.5 Å². The molecule has 0 N–H and O–H groups in total. The first-order chi connectivity index (χ1) is 16.9. The number of esters is 1. The molecule has 0 unspecified atom stereocenters. The summed E-state index contributed by atoms with van der Waals surface area (Å²) >= 11 is 5.98. The molecule has 2 atom stereocenters. The third kappa shape index (κ3) is 5.20. The fourth-order valence-corrected chi connectivity index (χ4v) is 4.24. The molecule has 4 rings (SSSR count). The number of rotatable bonds is 9. The molecule has 0 aromatic heterocycles. The Morgan fingerprint density at radius 2 is 1.60 bits per heavy atom. The van der Waals surface area contributed by atoms with Gasteiger partial charge in [0.05, 0.1) is 26.9 Å². The highest BCUT2D eigenvalue weighted by atomic mass is 35.5. The number of hydrogen-bond acceptors (Lipinski definition) is 6. The van der Waals surface area contributed by atoms with Crippen molar-refractivity contribution in [2.75, 3.05) is 27.9 Å². The average molecular weight is 496 g/mol. The van der Waals surface area contributed by atoms with E-state index in [9.17, 15) is 9.59 Å². The van der Waals surface area contributed by atoms with Crippen LogP contribution in [-0.4, -0.2) is 50.8 Å². The Hall–Kier alpha value is -3.71. The van der Waals surface area contributed by atoms with Gasteiger partial charge in [-0.05, 0) is 66.1 Å². The first-order valence-corrected chi connectivity index (χ1v) is 11.4. The van der Waals surface area contributed by atoms with E-state index in [1.807, 2.05) is 30.3 Å². The van der Waals surface area contributed by atoms with Crippen LogP contribution in [0.15, 0.2) is 66.7 Å². The minimum absolute atomic E-state index is 0.109. The van der Waals surface area contributed by atoms with Crippen LogP contribution in [0.5, 0.6) is 17.2 Å². The lowest BCUT2D eigenvalue weighted by Crippen LogP contribution is -2.61. The van der Waals surface area contributed by atoms with E-state index in [2.05, 4.69) is 0 Å². The molecular formula is C27H26ClNO6. The van der Waals surface area contributed by atoms with Gasteiger partial charge >= 0.3 is 5.97 Å². The van der Waals surface area contributed by atoms with Gasteiger partial charge in [-0.2, -0.15) is 0 Å². The van der Waals surface area contributed by atoms with Crippen molar-refractivity contribution in [2.24, 2.45) is 0 Å². The van der Waals surface area contributed by atoms with Crippen molar-refractivity contribution >= 4 is 23.5 Å². The van der Waals surface area contributed by atoms with Gasteiger partial charge in [0, 0.05) is 11.6 Å². The molecule has 1 saturated heterocycles. The SMILES string of the molecule is COC(=O)c1ccc([C@@H]2[C@H](Oc3ccc(Cl)cc3)C(=O)N2CCc2ccc(OC)c(OC)c2)cc1. The van der Waals surface area contributed by atoms with E-state index in [1.165, 1.54) is 7.11 Å². The number of benzene rings is 3. The molecule has 1 amide bonds. The Kier molecular flexibility index (Phi) is 7.46. The summed E-state index contributed by atoms with van der Waals surface area (Å²) in [5.41, 5.74) is 2.31. The van der Waals surface area contributed by atoms with Crippen LogP contribution in [0.3, 0.4) is 0 Å². The topological polar surface area (TPSA) is 74.3 Å². The molecule has 8 heteroatoms. The molecule has 35 heavy (non-hydrogen) atoms. The van der Waals surface area contributed by atoms with Gasteiger partial charge in [-0.3, -0.25) is 4.79 Å². The molecule has 1 aliphatic rings. The van der Waals surface area contributed by atoms with E-state index in [1.54, 1.807) is 55.5 Å². The predicted octanol–water partition coefficient (Wildman–Crippen LogP) is 4.72. The van der Waals surface area contributed by atoms with E-state index in [-0.39, 0.29) is 11.9 Å². The Morgan fingerprint density at radius 3 is 2.23 bits per heavy atom. The standard InChI is InChI=1S/C27H26ClNO6/c1-32-22-13-4-17(16-23(22)33-2)14-15-29-24(18-5-7-19(8-6-18)27(31)34-3)25(26(29)30)35-21-11-9-20(28)10-12-21/h4-13,16,24-25H,14-15H2,1-3H3/t24-,25+/m1/s1. The maximum absolute atomic E-state index is 13.1. The van der Waals surface area contributed by atoms with Crippen molar-refractivity contribution in [3.63, 3.8) is 0 Å². The zero-order valence-electron chi connectivity index (χ0n) is 19.7. The van der Waals surface area contributed by atoms with Gasteiger partial charge < -0.3 is 23.8 Å². The van der Waals surface area contributed by atoms with Crippen molar-refractivity contribution in [1.82, 2.24) is 4.90 Å². The van der Waals surface area contributed by atoms with Crippen LogP contribution in [0.25, 0.3) is 0 Å². The van der Waals surface area contributed by atoms with E-state index in [4.69, 9.17) is 30.5 Å². The lowest BCUT2D eigenvalue weighted by molar-refractivity contribution is -0.164. The second kappa shape index (κ2) is 10.7. The molecule has 0 aliphatic carbocycles. The maximum Gasteiger partial charge on any atom is 0.337 e. The number of carbonyl (C=O) groups excluding carboxylic acids is 2. The summed E-state index contributed by atoms with van der Waals surface area (Å²) in [6, 6.07) is 19.3. The van der Waals surface area contributed by atoms with Crippen molar-refractivity contribution in [3.05, 3.63) is 88.4 Å². The third-order valence-corrected chi connectivity index (χ3v) is 6.24. The lowest BCUT2D eigenvalue weighted by atomic mass is 9.89. The molecule has 0 spiro atoms. The van der Waals surface area contributed by atoms with Crippen molar-refractivity contribution in [3.8, 4) is 17.2 Å². The first-order valence-electron chi connectivity index (χ1n) is 11.1. The average Bonchev–Trinajstić information content (AvgIpc) is 2.90. The summed E-state index contributed by atoms with van der Waals surface area (Å²) in [7, 11) is 4.52. The highest BCUT2D eigenvalue weighted by Gasteiger charge is 2.49. The van der Waals surface area contributed by atoms with E-state index in [0.717, 1.165) is 11.1 Å². The zero-order valence-corrected chi connectivity index (χ0v) is 20.5. The minimum Gasteiger partial charge on any atom is -0.493 e. The third-order valence-electron chi connectivity index (χ3n) is 5.99. The monoisotopic (exact) mass is 495 g/mol. The van der Waals surface area contributed by atoms with Crippen LogP contribution in [0.4, 0.5) is 0 Å². The molecule has 0 bridgehead atoms. The molecular weight excluding hydrogens is 470 g/mol. The van der Waals surface area contributed by atoms with E-state index >= 15 is 0 Å². The number of carbonyl (C=O) groups is 2. The highest BCUT2D eigenvalue weighted by Crippen LogP contribution is 2.38. The number of likely N-dealkylation sites (tertiary alicyclic amines) is 1. The van der Waals surface area contributed by atoms with Crippen molar-refractivity contribution in [2.45, 2.75) is 18.6 Å². The molecule has 1 aliphatic heterocycles. The van der Waals surface area contributed by atoms with Crippen LogP contribution >= 0.6 is 11.6 Å². The van der Waals surface area contributed by atoms with Gasteiger partial charge in [-0.15, -0.1) is 0 Å². The Labute approximate surface area is 209 Å². The predicted molar refractivity (Wildman–Crippen MR) is 131 cm³/mol. The van der Waals surface area contributed by atoms with E-state index < -0.39 is 12.1 Å². The minimum atomic E-state index is -0.689. The second-order valence-corrected chi connectivity index (χ2v) is 8.46. The largest absolute Gasteiger partial charge is 0.493 e. The quantitative estimate of drug-likeness (QED) is 0.316. The number of methoxy groups -OCH3 is 3. The summed E-state index contributed by atoms with van der Waals surface area (Å²) in [4.78, 5) is 26.8. The number of ether oxygens (including phenoxy) is 4. The van der Waals surface area contributed by atoms with Crippen LogP contribution in [0.2, 0.25) is 5.02 Å². The zero-order chi connectivity index (χ0) is 24.9. The molecule has 3 aromatic carbocycles. The summed E-state index contributed by atoms with van der Waals surface area (Å²) in [6.45, 7) is 0.484. The fourth-order valence-electron chi connectivity index (χ4n) is 4.12. The molecule has 0 radical (unpaired) electrons. The highest BCUT2D eigenvalue weighted by molar-refractivity contribution is 6.30. The fraction of sp³-hybridized carbons (Fsp3) is 0.259. The van der Waals surface area contributed by atoms with Crippen LogP contribution in [0, 0.1) is 0 Å². The van der Waals surface area contributed by atoms with E-state index in [0.29, 0.717) is 40.8 Å². The molecule has 182 valence electrons. The van der Waals surface area contributed by atoms with Crippen LogP contribution < -0.4 is 14.2 Å². The summed E-state index contributed by atoms with van der Waals surface area (Å²) < 4.78 is 21.5. The smallest absolute Gasteiger partial charge is 0.337 e. The van der Waals surface area contributed by atoms with Gasteiger partial charge in [-0.25, -0.2) is 4.79 Å². The number of amides is 1. The normalized spacial score (nSPS) is 16.9. The van der Waals surface area contributed by atoms with Crippen molar-refractivity contribution in [1.29, 1.82) is 0 Å². The van der Waals surface area contributed by atoms with Gasteiger partial charge in [0.2, 0.25) is 6.10 Å². The summed E-state index contributed by atoms with van der Waals surface area (Å²) in [6.07, 6.45) is -0.0678. The molecule has 1 heterocycles. The Bertz CT molecular complexity index is 1200. The molecule has 3 aromatic rings. The van der Waals surface area contributed by atoms with Gasteiger partial charge in [0.25, 0.3) is 5.91 Å². The Morgan fingerprint density at radius 1 is 0.914 bits per heavy atom. The number of nitrogens with zero attached hydrogens (tertiary/aromatic N) is 1. The molecule has 0 saturated carbocycles. The second-order valence-electron chi connectivity index (χ2n) is 8.02. The number of halogens is 1. The molecule has 7 nitrogen and oxygen atoms in total. The Balaban J connectivity index is 1.55. The van der Waals surface area contributed by atoms with Crippen LogP contribution in [-0.2, 0) is 16.0 Å². The molecule has 1 fully saturated rings. The summed E-state index contributed by atoms with van der Waals surface area (Å²) in [5, 5.41) is 0.587. The van der Waals surface area contributed by atoms with Gasteiger partial charge in [0.15, 0.2) is 11.5 Å².